The van der Waals surface area contributed by atoms with Gasteiger partial charge in [-0.05, 0) is 11.8 Å². The van der Waals surface area contributed by atoms with Crippen LogP contribution in [-0.4, -0.2) is 61.4 Å². The number of hydrogen-bond acceptors (Lipinski definition) is 7. The maximum absolute atomic E-state index is 5.40. The second-order valence-electron chi connectivity index (χ2n) is 5.97. The fraction of sp³-hybridized carbons (Fsp3) is 0.786. The third kappa shape index (κ3) is 3.02. The van der Waals surface area contributed by atoms with E-state index in [0.717, 1.165) is 51.3 Å². The lowest BCUT2D eigenvalue weighted by molar-refractivity contribution is 0.122. The van der Waals surface area contributed by atoms with Crippen molar-refractivity contribution in [1.82, 2.24) is 15.0 Å². The maximum atomic E-state index is 5.40. The van der Waals surface area contributed by atoms with E-state index in [9.17, 15) is 0 Å². The largest absolute Gasteiger partial charge is 0.378 e. The van der Waals surface area contributed by atoms with Crippen molar-refractivity contribution >= 4 is 17.8 Å². The molecule has 1 aromatic rings. The van der Waals surface area contributed by atoms with Crippen LogP contribution in [0.15, 0.2) is 0 Å². The molecule has 21 heavy (non-hydrogen) atoms. The van der Waals surface area contributed by atoms with Crippen LogP contribution in [0.3, 0.4) is 0 Å². The van der Waals surface area contributed by atoms with Crippen molar-refractivity contribution in [3.05, 3.63) is 0 Å². The zero-order valence-corrected chi connectivity index (χ0v) is 13.0. The molecule has 0 aliphatic carbocycles. The first kappa shape index (κ1) is 14.3. The molecule has 1 N–H and O–H groups in total. The summed E-state index contributed by atoms with van der Waals surface area (Å²) in [5.41, 5.74) is 0. The molecule has 2 aliphatic heterocycles. The molecule has 0 saturated carbocycles. The van der Waals surface area contributed by atoms with E-state index >= 15 is 0 Å². The summed E-state index contributed by atoms with van der Waals surface area (Å²) in [5, 5.41) is 3.05. The smallest absolute Gasteiger partial charge is 0.232 e. The summed E-state index contributed by atoms with van der Waals surface area (Å²) < 4.78 is 5.40. The van der Waals surface area contributed by atoms with Crippen molar-refractivity contribution in [2.24, 2.45) is 11.8 Å². The molecule has 3 heterocycles. The monoisotopic (exact) mass is 292 g/mol. The molecule has 0 radical (unpaired) electrons. The molecule has 3 rings (SSSR count). The van der Waals surface area contributed by atoms with Crippen LogP contribution in [0.5, 0.6) is 0 Å². The van der Waals surface area contributed by atoms with Crippen molar-refractivity contribution in [2.45, 2.75) is 13.8 Å². The standard InChI is InChI=1S/C14H24N6O/c1-10-8-20(9-11(10)2)14-17-12(15-3)16-13(18-14)19-4-6-21-7-5-19/h10-11H,4-9H2,1-3H3,(H,15,16,17,18). The van der Waals surface area contributed by atoms with Gasteiger partial charge in [0, 0.05) is 33.2 Å². The fourth-order valence-corrected chi connectivity index (χ4v) is 2.80. The Kier molecular flexibility index (Phi) is 4.10. The molecule has 0 bridgehead atoms. The van der Waals surface area contributed by atoms with Gasteiger partial charge in [0.2, 0.25) is 17.8 Å². The summed E-state index contributed by atoms with van der Waals surface area (Å²) in [7, 11) is 1.84. The van der Waals surface area contributed by atoms with Gasteiger partial charge in [0.05, 0.1) is 13.2 Å². The number of aromatic nitrogens is 3. The summed E-state index contributed by atoms with van der Waals surface area (Å²) in [6.45, 7) is 9.72. The Morgan fingerprint density at radius 2 is 1.52 bits per heavy atom. The van der Waals surface area contributed by atoms with Crippen molar-refractivity contribution in [1.29, 1.82) is 0 Å². The minimum absolute atomic E-state index is 0.633. The van der Waals surface area contributed by atoms with E-state index in [-0.39, 0.29) is 0 Å². The third-order valence-corrected chi connectivity index (χ3v) is 4.40. The number of ether oxygens (including phenoxy) is 1. The van der Waals surface area contributed by atoms with Crippen LogP contribution in [0.25, 0.3) is 0 Å². The van der Waals surface area contributed by atoms with E-state index in [4.69, 9.17) is 4.74 Å². The SMILES string of the molecule is CNc1nc(N2CCOCC2)nc(N2CC(C)C(C)C2)n1. The van der Waals surface area contributed by atoms with E-state index in [2.05, 4.69) is 43.9 Å². The van der Waals surface area contributed by atoms with Crippen LogP contribution in [0.1, 0.15) is 13.8 Å². The normalized spacial score (nSPS) is 26.2. The van der Waals surface area contributed by atoms with Crippen LogP contribution in [0.2, 0.25) is 0 Å². The summed E-state index contributed by atoms with van der Waals surface area (Å²) >= 11 is 0. The minimum Gasteiger partial charge on any atom is -0.378 e. The van der Waals surface area contributed by atoms with Gasteiger partial charge in [0.15, 0.2) is 0 Å². The molecular formula is C14H24N6O. The zero-order chi connectivity index (χ0) is 14.8. The summed E-state index contributed by atoms with van der Waals surface area (Å²) in [4.78, 5) is 18.1. The molecule has 7 heteroatoms. The van der Waals surface area contributed by atoms with Gasteiger partial charge < -0.3 is 19.9 Å². The molecule has 116 valence electrons. The average molecular weight is 292 g/mol. The molecule has 2 aliphatic rings. The van der Waals surface area contributed by atoms with Gasteiger partial charge in [-0.15, -0.1) is 0 Å². The lowest BCUT2D eigenvalue weighted by Crippen LogP contribution is -2.38. The van der Waals surface area contributed by atoms with Gasteiger partial charge in [0.1, 0.15) is 0 Å². The van der Waals surface area contributed by atoms with Crippen LogP contribution in [0, 0.1) is 11.8 Å². The quantitative estimate of drug-likeness (QED) is 0.885. The second-order valence-corrected chi connectivity index (χ2v) is 5.97. The molecule has 1 aromatic heterocycles. The lowest BCUT2D eigenvalue weighted by atomic mass is 10.0. The number of anilines is 3. The molecule has 0 amide bonds. The van der Waals surface area contributed by atoms with E-state index in [1.54, 1.807) is 0 Å². The van der Waals surface area contributed by atoms with Gasteiger partial charge in [-0.3, -0.25) is 0 Å². The highest BCUT2D eigenvalue weighted by Gasteiger charge is 2.29. The first-order valence-electron chi connectivity index (χ1n) is 7.69. The Hall–Kier alpha value is -1.63. The van der Waals surface area contributed by atoms with Crippen molar-refractivity contribution in [3.8, 4) is 0 Å². The first-order valence-corrected chi connectivity index (χ1v) is 7.69. The predicted molar refractivity (Wildman–Crippen MR) is 82.9 cm³/mol. The topological polar surface area (TPSA) is 66.4 Å². The Morgan fingerprint density at radius 3 is 2.10 bits per heavy atom. The van der Waals surface area contributed by atoms with Gasteiger partial charge >= 0.3 is 0 Å². The number of nitrogens with zero attached hydrogens (tertiary/aromatic N) is 5. The Balaban J connectivity index is 1.86. The first-order chi connectivity index (χ1) is 10.2. The zero-order valence-electron chi connectivity index (χ0n) is 13.0. The second kappa shape index (κ2) is 6.01. The van der Waals surface area contributed by atoms with Crippen molar-refractivity contribution in [2.75, 3.05) is 61.6 Å². The van der Waals surface area contributed by atoms with Gasteiger partial charge in [0.25, 0.3) is 0 Å². The molecule has 2 saturated heterocycles. The average Bonchev–Trinajstić information content (AvgIpc) is 2.87. The van der Waals surface area contributed by atoms with E-state index in [0.29, 0.717) is 17.8 Å². The number of morpholine rings is 1. The number of nitrogens with one attached hydrogen (secondary N) is 1. The molecule has 0 aromatic carbocycles. The maximum Gasteiger partial charge on any atom is 0.232 e. The highest BCUT2D eigenvalue weighted by Crippen LogP contribution is 2.27. The Bertz CT molecular complexity index is 480. The van der Waals surface area contributed by atoms with Gasteiger partial charge in [-0.2, -0.15) is 15.0 Å². The number of hydrogen-bond donors (Lipinski definition) is 1. The van der Waals surface area contributed by atoms with Crippen LogP contribution >= 0.6 is 0 Å². The molecular weight excluding hydrogens is 268 g/mol. The summed E-state index contributed by atoms with van der Waals surface area (Å²) in [5.74, 6) is 3.51. The van der Waals surface area contributed by atoms with Crippen LogP contribution in [-0.2, 0) is 4.74 Å². The van der Waals surface area contributed by atoms with E-state index in [1.165, 1.54) is 0 Å². The predicted octanol–water partition coefficient (Wildman–Crippen LogP) is 0.842. The summed E-state index contributed by atoms with van der Waals surface area (Å²) in [6, 6.07) is 0. The van der Waals surface area contributed by atoms with Gasteiger partial charge in [-0.1, -0.05) is 13.8 Å². The van der Waals surface area contributed by atoms with Crippen molar-refractivity contribution in [3.63, 3.8) is 0 Å². The number of rotatable bonds is 3. The molecule has 2 unspecified atom stereocenters. The summed E-state index contributed by atoms with van der Waals surface area (Å²) in [6.07, 6.45) is 0. The van der Waals surface area contributed by atoms with E-state index in [1.807, 2.05) is 7.05 Å². The Labute approximate surface area is 125 Å². The molecule has 2 atom stereocenters. The van der Waals surface area contributed by atoms with Crippen molar-refractivity contribution < 1.29 is 4.74 Å². The van der Waals surface area contributed by atoms with Gasteiger partial charge in [-0.25, -0.2) is 0 Å². The third-order valence-electron chi connectivity index (χ3n) is 4.40. The van der Waals surface area contributed by atoms with E-state index < -0.39 is 0 Å². The Morgan fingerprint density at radius 1 is 0.952 bits per heavy atom. The fourth-order valence-electron chi connectivity index (χ4n) is 2.80. The van der Waals surface area contributed by atoms with Crippen LogP contribution in [0.4, 0.5) is 17.8 Å². The minimum atomic E-state index is 0.633. The highest BCUT2D eigenvalue weighted by atomic mass is 16.5. The molecule has 7 nitrogen and oxygen atoms in total. The molecule has 2 fully saturated rings. The molecule has 0 spiro atoms. The van der Waals surface area contributed by atoms with Crippen LogP contribution < -0.4 is 15.1 Å². The highest BCUT2D eigenvalue weighted by molar-refractivity contribution is 5.46. The lowest BCUT2D eigenvalue weighted by Gasteiger charge is -2.27.